The number of nitrogens with zero attached hydrogens (tertiary/aromatic N) is 1. The number of anilines is 2. The first-order valence-corrected chi connectivity index (χ1v) is 6.48. The molecule has 0 radical (unpaired) electrons. The van der Waals surface area contributed by atoms with Gasteiger partial charge in [0, 0.05) is 29.5 Å². The molecule has 18 heavy (non-hydrogen) atoms. The van der Waals surface area contributed by atoms with Crippen molar-refractivity contribution < 1.29 is 0 Å². The highest BCUT2D eigenvalue weighted by Crippen LogP contribution is 2.26. The Balaban J connectivity index is 1.88. The fourth-order valence-electron chi connectivity index (χ4n) is 2.45. The Morgan fingerprint density at radius 3 is 2.56 bits per heavy atom. The molecule has 2 nitrogen and oxygen atoms in total. The summed E-state index contributed by atoms with van der Waals surface area (Å²) in [4.78, 5) is 2.36. The normalized spacial score (nSPS) is 14.4. The van der Waals surface area contributed by atoms with Crippen molar-refractivity contribution in [1.82, 2.24) is 0 Å². The second kappa shape index (κ2) is 4.54. The van der Waals surface area contributed by atoms with Crippen LogP contribution in [0, 0.1) is 0 Å². The van der Waals surface area contributed by atoms with E-state index < -0.39 is 0 Å². The Labute approximate surface area is 112 Å². The number of hydrogen-bond donors (Lipinski definition) is 1. The van der Waals surface area contributed by atoms with Crippen molar-refractivity contribution in [1.29, 1.82) is 0 Å². The van der Waals surface area contributed by atoms with Crippen LogP contribution < -0.4 is 10.6 Å². The first-order valence-electron chi connectivity index (χ1n) is 6.10. The first kappa shape index (κ1) is 11.4. The lowest BCUT2D eigenvalue weighted by molar-refractivity contribution is 0.732. The highest BCUT2D eigenvalue weighted by atomic mass is 35.5. The summed E-state index contributed by atoms with van der Waals surface area (Å²) in [6.07, 6.45) is 1.07. The Morgan fingerprint density at radius 2 is 1.78 bits per heavy atom. The smallest absolute Gasteiger partial charge is 0.0433 e. The fourth-order valence-corrected chi connectivity index (χ4v) is 2.58. The quantitative estimate of drug-likeness (QED) is 0.794. The molecule has 0 aliphatic carbocycles. The van der Waals surface area contributed by atoms with E-state index in [0.717, 1.165) is 30.2 Å². The van der Waals surface area contributed by atoms with E-state index in [0.29, 0.717) is 0 Å². The van der Waals surface area contributed by atoms with Gasteiger partial charge >= 0.3 is 0 Å². The van der Waals surface area contributed by atoms with Gasteiger partial charge in [-0.3, -0.25) is 0 Å². The molecule has 2 N–H and O–H groups in total. The number of nitrogens with two attached hydrogens (primary N) is 1. The molecule has 0 fully saturated rings. The van der Waals surface area contributed by atoms with Gasteiger partial charge in [0.25, 0.3) is 0 Å². The molecule has 0 aromatic heterocycles. The lowest BCUT2D eigenvalue weighted by Gasteiger charge is -2.31. The number of fused-ring (bicyclic) bond motifs is 1. The van der Waals surface area contributed by atoms with Crippen molar-refractivity contribution in [3.05, 3.63) is 58.6 Å². The summed E-state index contributed by atoms with van der Waals surface area (Å²) >= 11 is 5.92. The number of nitrogen functional groups attached to an aromatic ring is 1. The maximum atomic E-state index is 5.92. The van der Waals surface area contributed by atoms with Crippen molar-refractivity contribution in [2.75, 3.05) is 17.2 Å². The van der Waals surface area contributed by atoms with Crippen LogP contribution in [-0.2, 0) is 13.0 Å². The summed E-state index contributed by atoms with van der Waals surface area (Å²) in [5.41, 5.74) is 10.6. The van der Waals surface area contributed by atoms with Crippen LogP contribution in [0.1, 0.15) is 11.1 Å². The van der Waals surface area contributed by atoms with Gasteiger partial charge in [-0.1, -0.05) is 17.7 Å². The lowest BCUT2D eigenvalue weighted by Crippen LogP contribution is -2.30. The zero-order valence-electron chi connectivity index (χ0n) is 10.1. The molecule has 1 aliphatic rings. The number of halogens is 1. The number of benzene rings is 2. The minimum Gasteiger partial charge on any atom is -0.399 e. The van der Waals surface area contributed by atoms with Crippen LogP contribution in [0.3, 0.4) is 0 Å². The number of rotatable bonds is 1. The van der Waals surface area contributed by atoms with Crippen molar-refractivity contribution in [3.8, 4) is 0 Å². The molecule has 92 valence electrons. The summed E-state index contributed by atoms with van der Waals surface area (Å²) < 4.78 is 0. The SMILES string of the molecule is Nc1ccc2c(c1)CN(c1ccc(Cl)cc1)CC2. The molecule has 2 aromatic rings. The average Bonchev–Trinajstić information content (AvgIpc) is 2.38. The van der Waals surface area contributed by atoms with Crippen molar-refractivity contribution in [2.45, 2.75) is 13.0 Å². The Bertz CT molecular complexity index is 563. The summed E-state index contributed by atoms with van der Waals surface area (Å²) in [5, 5.41) is 0.778. The molecular formula is C15H15ClN2. The topological polar surface area (TPSA) is 29.3 Å². The summed E-state index contributed by atoms with van der Waals surface area (Å²) in [6, 6.07) is 14.2. The average molecular weight is 259 g/mol. The minimum absolute atomic E-state index is 0.778. The number of hydrogen-bond acceptors (Lipinski definition) is 2. The van der Waals surface area contributed by atoms with Crippen LogP contribution in [0.2, 0.25) is 5.02 Å². The monoisotopic (exact) mass is 258 g/mol. The van der Waals surface area contributed by atoms with Crippen LogP contribution >= 0.6 is 11.6 Å². The molecule has 1 heterocycles. The second-order valence-corrected chi connectivity index (χ2v) is 5.11. The molecule has 0 saturated carbocycles. The molecule has 0 unspecified atom stereocenters. The lowest BCUT2D eigenvalue weighted by atomic mass is 9.99. The minimum atomic E-state index is 0.778. The van der Waals surface area contributed by atoms with E-state index in [1.165, 1.54) is 16.8 Å². The van der Waals surface area contributed by atoms with Gasteiger partial charge in [0.05, 0.1) is 0 Å². The Kier molecular flexibility index (Phi) is 2.88. The largest absolute Gasteiger partial charge is 0.399 e. The molecular weight excluding hydrogens is 244 g/mol. The molecule has 2 aromatic carbocycles. The third-order valence-corrected chi connectivity index (χ3v) is 3.69. The first-order chi connectivity index (χ1) is 8.72. The van der Waals surface area contributed by atoms with Crippen molar-refractivity contribution in [3.63, 3.8) is 0 Å². The van der Waals surface area contributed by atoms with Gasteiger partial charge in [0.1, 0.15) is 0 Å². The maximum Gasteiger partial charge on any atom is 0.0433 e. The van der Waals surface area contributed by atoms with E-state index in [4.69, 9.17) is 17.3 Å². The molecule has 0 saturated heterocycles. The summed E-state index contributed by atoms with van der Waals surface area (Å²) in [7, 11) is 0. The summed E-state index contributed by atoms with van der Waals surface area (Å²) in [5.74, 6) is 0. The zero-order chi connectivity index (χ0) is 12.5. The van der Waals surface area contributed by atoms with E-state index in [1.54, 1.807) is 0 Å². The van der Waals surface area contributed by atoms with E-state index >= 15 is 0 Å². The molecule has 0 spiro atoms. The molecule has 3 rings (SSSR count). The van der Waals surface area contributed by atoms with Gasteiger partial charge in [-0.2, -0.15) is 0 Å². The third-order valence-electron chi connectivity index (χ3n) is 3.43. The van der Waals surface area contributed by atoms with E-state index in [-0.39, 0.29) is 0 Å². The standard InChI is InChI=1S/C15H15ClN2/c16-13-2-5-15(6-3-13)18-8-7-11-1-4-14(17)9-12(11)10-18/h1-6,9H,7-8,10,17H2. The van der Waals surface area contributed by atoms with Crippen molar-refractivity contribution >= 4 is 23.0 Å². The van der Waals surface area contributed by atoms with Crippen LogP contribution in [0.25, 0.3) is 0 Å². The highest BCUT2D eigenvalue weighted by molar-refractivity contribution is 6.30. The molecule has 0 atom stereocenters. The molecule has 0 amide bonds. The van der Waals surface area contributed by atoms with Gasteiger partial charge in [0.2, 0.25) is 0 Å². The van der Waals surface area contributed by atoms with Crippen LogP contribution in [0.4, 0.5) is 11.4 Å². The van der Waals surface area contributed by atoms with Gasteiger partial charge in [-0.25, -0.2) is 0 Å². The summed E-state index contributed by atoms with van der Waals surface area (Å²) in [6.45, 7) is 1.96. The predicted molar refractivity (Wildman–Crippen MR) is 77.1 cm³/mol. The predicted octanol–water partition coefficient (Wildman–Crippen LogP) is 3.48. The molecule has 0 bridgehead atoms. The van der Waals surface area contributed by atoms with Crippen molar-refractivity contribution in [2.24, 2.45) is 0 Å². The Hall–Kier alpha value is -1.67. The van der Waals surface area contributed by atoms with Gasteiger partial charge in [0.15, 0.2) is 0 Å². The van der Waals surface area contributed by atoms with Crippen LogP contribution in [0.15, 0.2) is 42.5 Å². The molecule has 3 heteroatoms. The highest BCUT2D eigenvalue weighted by Gasteiger charge is 2.16. The third kappa shape index (κ3) is 2.16. The van der Waals surface area contributed by atoms with E-state index in [9.17, 15) is 0 Å². The van der Waals surface area contributed by atoms with Gasteiger partial charge in [-0.05, 0) is 53.9 Å². The van der Waals surface area contributed by atoms with Crippen LogP contribution in [-0.4, -0.2) is 6.54 Å². The Morgan fingerprint density at radius 1 is 1.00 bits per heavy atom. The second-order valence-electron chi connectivity index (χ2n) is 4.68. The molecule has 1 aliphatic heterocycles. The van der Waals surface area contributed by atoms with Gasteiger partial charge < -0.3 is 10.6 Å². The van der Waals surface area contributed by atoms with Gasteiger partial charge in [-0.15, -0.1) is 0 Å². The maximum absolute atomic E-state index is 5.92. The van der Waals surface area contributed by atoms with Crippen LogP contribution in [0.5, 0.6) is 0 Å². The van der Waals surface area contributed by atoms with E-state index in [2.05, 4.69) is 29.2 Å². The van der Waals surface area contributed by atoms with E-state index in [1.807, 2.05) is 18.2 Å². The zero-order valence-corrected chi connectivity index (χ0v) is 10.8. The fraction of sp³-hybridized carbons (Fsp3) is 0.200.